The number of rotatable bonds is 6. The van der Waals surface area contributed by atoms with Gasteiger partial charge in [0.1, 0.15) is 0 Å². The molecule has 16 heavy (non-hydrogen) atoms. The molecule has 1 aromatic rings. The van der Waals surface area contributed by atoms with Crippen LogP contribution in [0, 0.1) is 0 Å². The highest BCUT2D eigenvalue weighted by Crippen LogP contribution is 2.13. The van der Waals surface area contributed by atoms with Crippen LogP contribution in [0.1, 0.15) is 26.7 Å². The van der Waals surface area contributed by atoms with E-state index in [-0.39, 0.29) is 11.6 Å². The second kappa shape index (κ2) is 4.99. The van der Waals surface area contributed by atoms with Crippen LogP contribution in [0.2, 0.25) is 0 Å². The summed E-state index contributed by atoms with van der Waals surface area (Å²) < 4.78 is 30.7. The summed E-state index contributed by atoms with van der Waals surface area (Å²) in [6, 6.07) is 2.93. The molecule has 0 spiro atoms. The SMILES string of the molecule is CCC(N)(CC)CNS(=O)(=O)c1ccco1. The van der Waals surface area contributed by atoms with E-state index >= 15 is 0 Å². The largest absolute Gasteiger partial charge is 0.452 e. The van der Waals surface area contributed by atoms with E-state index in [9.17, 15) is 8.42 Å². The summed E-state index contributed by atoms with van der Waals surface area (Å²) in [5.41, 5.74) is 5.50. The van der Waals surface area contributed by atoms with Crippen molar-refractivity contribution in [1.82, 2.24) is 4.72 Å². The van der Waals surface area contributed by atoms with Crippen molar-refractivity contribution in [3.8, 4) is 0 Å². The van der Waals surface area contributed by atoms with Crippen LogP contribution in [-0.2, 0) is 10.0 Å². The molecule has 0 saturated heterocycles. The predicted octanol–water partition coefficient (Wildman–Crippen LogP) is 1.08. The van der Waals surface area contributed by atoms with Gasteiger partial charge >= 0.3 is 0 Å². The van der Waals surface area contributed by atoms with Gasteiger partial charge in [0, 0.05) is 12.1 Å². The third-order valence-electron chi connectivity index (χ3n) is 2.78. The lowest BCUT2D eigenvalue weighted by atomic mass is 9.95. The number of nitrogens with two attached hydrogens (primary N) is 1. The topological polar surface area (TPSA) is 85.3 Å². The third kappa shape index (κ3) is 3.07. The van der Waals surface area contributed by atoms with E-state index in [0.29, 0.717) is 12.8 Å². The van der Waals surface area contributed by atoms with Crippen LogP contribution in [-0.4, -0.2) is 20.5 Å². The second-order valence-electron chi connectivity index (χ2n) is 3.83. The van der Waals surface area contributed by atoms with Crippen LogP contribution in [0.5, 0.6) is 0 Å². The summed E-state index contributed by atoms with van der Waals surface area (Å²) in [6.45, 7) is 4.08. The average molecular weight is 246 g/mol. The van der Waals surface area contributed by atoms with Gasteiger partial charge < -0.3 is 10.2 Å². The molecule has 1 aromatic heterocycles. The summed E-state index contributed by atoms with van der Waals surface area (Å²) >= 11 is 0. The third-order valence-corrected chi connectivity index (χ3v) is 4.07. The fourth-order valence-corrected chi connectivity index (χ4v) is 2.29. The Labute approximate surface area is 96.1 Å². The molecule has 5 nitrogen and oxygen atoms in total. The Morgan fingerprint density at radius 3 is 2.50 bits per heavy atom. The lowest BCUT2D eigenvalue weighted by Gasteiger charge is -2.26. The Morgan fingerprint density at radius 2 is 2.06 bits per heavy atom. The molecule has 0 unspecified atom stereocenters. The lowest BCUT2D eigenvalue weighted by molar-refractivity contribution is 0.386. The summed E-state index contributed by atoms with van der Waals surface area (Å²) in [7, 11) is -3.57. The van der Waals surface area contributed by atoms with E-state index in [1.807, 2.05) is 13.8 Å². The summed E-state index contributed by atoms with van der Waals surface area (Å²) in [5.74, 6) is 0. The predicted molar refractivity (Wildman–Crippen MR) is 61.4 cm³/mol. The quantitative estimate of drug-likeness (QED) is 0.786. The van der Waals surface area contributed by atoms with Crippen molar-refractivity contribution in [2.24, 2.45) is 5.73 Å². The molecule has 0 aromatic carbocycles. The van der Waals surface area contributed by atoms with Crippen molar-refractivity contribution >= 4 is 10.0 Å². The number of nitrogens with one attached hydrogen (secondary N) is 1. The molecule has 1 heterocycles. The van der Waals surface area contributed by atoms with Gasteiger partial charge in [0.25, 0.3) is 10.0 Å². The minimum atomic E-state index is -3.57. The summed E-state index contributed by atoms with van der Waals surface area (Å²) in [5, 5.41) is -0.0814. The molecule has 0 saturated carbocycles. The number of hydrogen-bond donors (Lipinski definition) is 2. The molecule has 0 amide bonds. The zero-order valence-corrected chi connectivity index (χ0v) is 10.4. The summed E-state index contributed by atoms with van der Waals surface area (Å²) in [4.78, 5) is 0. The highest BCUT2D eigenvalue weighted by Gasteiger charge is 2.25. The zero-order valence-electron chi connectivity index (χ0n) is 9.56. The monoisotopic (exact) mass is 246 g/mol. The van der Waals surface area contributed by atoms with Gasteiger partial charge in [0.05, 0.1) is 6.26 Å². The summed E-state index contributed by atoms with van der Waals surface area (Å²) in [6.07, 6.45) is 2.75. The zero-order chi connectivity index (χ0) is 12.2. The van der Waals surface area contributed by atoms with Gasteiger partial charge in [-0.15, -0.1) is 0 Å². The first kappa shape index (κ1) is 13.2. The van der Waals surface area contributed by atoms with E-state index in [1.165, 1.54) is 18.4 Å². The van der Waals surface area contributed by atoms with Crippen molar-refractivity contribution in [3.63, 3.8) is 0 Å². The first-order chi connectivity index (χ1) is 7.43. The van der Waals surface area contributed by atoms with Gasteiger partial charge in [0.15, 0.2) is 0 Å². The van der Waals surface area contributed by atoms with Gasteiger partial charge in [-0.25, -0.2) is 13.1 Å². The van der Waals surface area contributed by atoms with Crippen molar-refractivity contribution in [3.05, 3.63) is 18.4 Å². The molecule has 92 valence electrons. The minimum absolute atomic E-state index is 0.0814. The Bertz CT molecular complexity index is 407. The normalized spacial score (nSPS) is 12.9. The molecule has 0 atom stereocenters. The average Bonchev–Trinajstić information content (AvgIpc) is 2.80. The van der Waals surface area contributed by atoms with Crippen LogP contribution in [0.4, 0.5) is 0 Å². The van der Waals surface area contributed by atoms with Gasteiger partial charge in [0.2, 0.25) is 5.09 Å². The molecular formula is C10H18N2O3S. The highest BCUT2D eigenvalue weighted by molar-refractivity contribution is 7.89. The van der Waals surface area contributed by atoms with Gasteiger partial charge in [-0.3, -0.25) is 0 Å². The smallest absolute Gasteiger partial charge is 0.274 e. The fourth-order valence-electron chi connectivity index (χ4n) is 1.23. The Morgan fingerprint density at radius 1 is 1.44 bits per heavy atom. The van der Waals surface area contributed by atoms with Gasteiger partial charge in [-0.1, -0.05) is 13.8 Å². The maximum atomic E-state index is 11.7. The van der Waals surface area contributed by atoms with E-state index < -0.39 is 15.6 Å². The molecule has 3 N–H and O–H groups in total. The maximum absolute atomic E-state index is 11.7. The van der Waals surface area contributed by atoms with Gasteiger partial charge in [-0.2, -0.15) is 0 Å². The number of hydrogen-bond acceptors (Lipinski definition) is 4. The standard InChI is InChI=1S/C10H18N2O3S/c1-3-10(11,4-2)8-12-16(13,14)9-6-5-7-15-9/h5-7,12H,3-4,8,11H2,1-2H3. The molecule has 0 radical (unpaired) electrons. The first-order valence-corrected chi connectivity index (χ1v) is 6.74. The maximum Gasteiger partial charge on any atom is 0.274 e. The number of sulfonamides is 1. The van der Waals surface area contributed by atoms with Crippen LogP contribution in [0.3, 0.4) is 0 Å². The van der Waals surface area contributed by atoms with E-state index in [0.717, 1.165) is 0 Å². The van der Waals surface area contributed by atoms with E-state index in [2.05, 4.69) is 4.72 Å². The first-order valence-electron chi connectivity index (χ1n) is 5.25. The molecule has 0 bridgehead atoms. The van der Waals surface area contributed by atoms with Crippen molar-refractivity contribution < 1.29 is 12.8 Å². The van der Waals surface area contributed by atoms with Crippen molar-refractivity contribution in [2.75, 3.05) is 6.54 Å². The van der Waals surface area contributed by atoms with Crippen LogP contribution in [0.15, 0.2) is 27.9 Å². The number of furan rings is 1. The molecule has 0 aliphatic heterocycles. The van der Waals surface area contributed by atoms with Crippen molar-refractivity contribution in [2.45, 2.75) is 37.3 Å². The van der Waals surface area contributed by atoms with Crippen LogP contribution in [0.25, 0.3) is 0 Å². The van der Waals surface area contributed by atoms with E-state index in [1.54, 1.807) is 0 Å². The fraction of sp³-hybridized carbons (Fsp3) is 0.600. The molecular weight excluding hydrogens is 228 g/mol. The second-order valence-corrected chi connectivity index (χ2v) is 5.52. The Balaban J connectivity index is 2.69. The van der Waals surface area contributed by atoms with Gasteiger partial charge in [-0.05, 0) is 25.0 Å². The molecule has 6 heteroatoms. The molecule has 0 aliphatic rings. The molecule has 0 aliphatic carbocycles. The van der Waals surface area contributed by atoms with E-state index in [4.69, 9.17) is 10.2 Å². The molecule has 0 fully saturated rings. The van der Waals surface area contributed by atoms with Crippen molar-refractivity contribution in [1.29, 1.82) is 0 Å². The Hall–Kier alpha value is -0.850. The van der Waals surface area contributed by atoms with Crippen LogP contribution >= 0.6 is 0 Å². The minimum Gasteiger partial charge on any atom is -0.452 e. The highest BCUT2D eigenvalue weighted by atomic mass is 32.2. The Kier molecular flexibility index (Phi) is 4.12. The molecule has 1 rings (SSSR count). The van der Waals surface area contributed by atoms with Crippen LogP contribution < -0.4 is 10.5 Å². The lowest BCUT2D eigenvalue weighted by Crippen LogP contribution is -2.49.